The molecule has 4 fully saturated rings. The zero-order valence-electron chi connectivity index (χ0n) is 20.4. The molecule has 3 aromatic rings. The third-order valence-corrected chi connectivity index (χ3v) is 9.87. The molecule has 2 aromatic carbocycles. The number of halogens is 4. The Morgan fingerprint density at radius 2 is 1.54 bits per heavy atom. The predicted molar refractivity (Wildman–Crippen MR) is 151 cm³/mol. The molecule has 4 aliphatic rings. The number of nitrogens with zero attached hydrogens (tertiary/aromatic N) is 2. The van der Waals surface area contributed by atoms with E-state index in [2.05, 4.69) is 10.4 Å². The number of hydrogen-bond acceptors (Lipinski definition) is 2. The van der Waals surface area contributed by atoms with Crippen molar-refractivity contribution in [1.82, 2.24) is 15.1 Å². The first-order chi connectivity index (χ1) is 17.9. The molecule has 7 rings (SSSR count). The van der Waals surface area contributed by atoms with Crippen molar-refractivity contribution < 1.29 is 4.79 Å². The lowest BCUT2D eigenvalue weighted by atomic mass is 9.51. The number of carbonyl (C=O) groups is 1. The Hall–Kier alpha value is -1.72. The van der Waals surface area contributed by atoms with Gasteiger partial charge in [-0.3, -0.25) is 4.79 Å². The fourth-order valence-electron chi connectivity index (χ4n) is 7.36. The second-order valence-electron chi connectivity index (χ2n) is 11.0. The molecule has 0 radical (unpaired) electrons. The maximum Gasteiger partial charge on any atom is 0.273 e. The molecule has 0 saturated heterocycles. The summed E-state index contributed by atoms with van der Waals surface area (Å²) in [7, 11) is 0. The molecule has 0 atom stereocenters. The van der Waals surface area contributed by atoms with Crippen molar-refractivity contribution >= 4 is 52.3 Å². The van der Waals surface area contributed by atoms with Crippen LogP contribution in [0.3, 0.4) is 0 Å². The molecule has 1 N–H and O–H groups in total. The average Bonchev–Trinajstić information content (AvgIpc) is 3.20. The van der Waals surface area contributed by atoms with Crippen molar-refractivity contribution in [2.75, 3.05) is 6.54 Å². The molecule has 37 heavy (non-hydrogen) atoms. The number of rotatable bonds is 7. The third kappa shape index (κ3) is 5.03. The van der Waals surface area contributed by atoms with Crippen molar-refractivity contribution in [1.29, 1.82) is 0 Å². The zero-order valence-corrected chi connectivity index (χ0v) is 23.4. The lowest BCUT2D eigenvalue weighted by molar-refractivity contribution is -0.0401. The molecule has 4 aliphatic carbocycles. The Morgan fingerprint density at radius 3 is 2.19 bits per heavy atom. The van der Waals surface area contributed by atoms with Crippen LogP contribution in [0.15, 0.2) is 42.5 Å². The number of hydrogen-bond donors (Lipinski definition) is 1. The van der Waals surface area contributed by atoms with Crippen LogP contribution >= 0.6 is 46.4 Å². The molecular formula is C29H29Cl4N3O. The van der Waals surface area contributed by atoms with E-state index in [1.165, 1.54) is 38.5 Å². The Balaban J connectivity index is 1.19. The van der Waals surface area contributed by atoms with Crippen LogP contribution in [0.25, 0.3) is 16.9 Å². The molecule has 0 aliphatic heterocycles. The van der Waals surface area contributed by atoms with Gasteiger partial charge in [0.05, 0.1) is 16.4 Å². The van der Waals surface area contributed by atoms with Crippen LogP contribution < -0.4 is 5.32 Å². The molecule has 1 amide bonds. The minimum atomic E-state index is -0.283. The summed E-state index contributed by atoms with van der Waals surface area (Å²) < 4.78 is 1.60. The molecule has 194 valence electrons. The normalized spacial score (nSPS) is 26.0. The number of amides is 1. The first-order valence-electron chi connectivity index (χ1n) is 13.2. The maximum absolute atomic E-state index is 13.2. The van der Waals surface area contributed by atoms with E-state index in [1.54, 1.807) is 35.0 Å². The van der Waals surface area contributed by atoms with E-state index in [4.69, 9.17) is 46.4 Å². The van der Waals surface area contributed by atoms with E-state index in [0.717, 1.165) is 41.6 Å². The monoisotopic (exact) mass is 575 g/mol. The van der Waals surface area contributed by atoms with Gasteiger partial charge in [0.15, 0.2) is 5.69 Å². The lowest BCUT2D eigenvalue weighted by Gasteiger charge is -2.54. The van der Waals surface area contributed by atoms with Gasteiger partial charge in [-0.15, -0.1) is 0 Å². The van der Waals surface area contributed by atoms with Gasteiger partial charge in [-0.1, -0.05) is 58.5 Å². The molecule has 0 unspecified atom stereocenters. The van der Waals surface area contributed by atoms with Crippen molar-refractivity contribution in [3.05, 3.63) is 68.2 Å². The SMILES string of the molecule is O=C(NCCCC1C2CC3CC(C2)CC1C3)c1nn(-c2ccc(Cl)cc2Cl)c(-c2ccc(Cl)cc2)c1Cl. The summed E-state index contributed by atoms with van der Waals surface area (Å²) >= 11 is 25.5. The van der Waals surface area contributed by atoms with Crippen molar-refractivity contribution in [3.63, 3.8) is 0 Å². The summed E-state index contributed by atoms with van der Waals surface area (Å²) in [6, 6.07) is 12.4. The number of nitrogens with one attached hydrogen (secondary N) is 1. The first-order valence-corrected chi connectivity index (χ1v) is 14.7. The highest BCUT2D eigenvalue weighted by Crippen LogP contribution is 2.57. The molecule has 0 spiro atoms. The van der Waals surface area contributed by atoms with Gasteiger partial charge in [0.25, 0.3) is 5.91 Å². The fourth-order valence-corrected chi connectivity index (χ4v) is 8.29. The smallest absolute Gasteiger partial charge is 0.273 e. The molecule has 4 nitrogen and oxygen atoms in total. The van der Waals surface area contributed by atoms with Gasteiger partial charge in [0.1, 0.15) is 5.02 Å². The molecule has 4 bridgehead atoms. The highest BCUT2D eigenvalue weighted by Gasteiger charge is 2.47. The fraction of sp³-hybridized carbons (Fsp3) is 0.448. The summed E-state index contributed by atoms with van der Waals surface area (Å²) in [5, 5.41) is 9.47. The Labute approximate surface area is 237 Å². The van der Waals surface area contributed by atoms with Gasteiger partial charge in [-0.25, -0.2) is 4.68 Å². The van der Waals surface area contributed by atoms with Gasteiger partial charge in [-0.05, 0) is 105 Å². The standard InChI is InChI=1S/C29H29Cl4N3O/c30-21-5-3-18(4-6-21)28-26(33)27(35-36(28)25-8-7-22(31)15-24(25)32)29(37)34-9-1-2-23-19-11-16-10-17(13-19)14-20(23)12-16/h3-8,15-17,19-20,23H,1-2,9-14H2,(H,34,37). The zero-order chi connectivity index (χ0) is 25.7. The second-order valence-corrected chi connectivity index (χ2v) is 12.7. The van der Waals surface area contributed by atoms with Crippen LogP contribution in [-0.2, 0) is 0 Å². The largest absolute Gasteiger partial charge is 0.351 e. The predicted octanol–water partition coefficient (Wildman–Crippen LogP) is 8.74. The first kappa shape index (κ1) is 25.6. The minimum Gasteiger partial charge on any atom is -0.351 e. The van der Waals surface area contributed by atoms with E-state index in [1.807, 2.05) is 12.1 Å². The van der Waals surface area contributed by atoms with Crippen molar-refractivity contribution in [2.24, 2.45) is 29.6 Å². The molecule has 4 saturated carbocycles. The summed E-state index contributed by atoms with van der Waals surface area (Å²) in [5.74, 6) is 4.33. The number of aromatic nitrogens is 2. The highest BCUT2D eigenvalue weighted by atomic mass is 35.5. The van der Waals surface area contributed by atoms with Crippen LogP contribution in [0.5, 0.6) is 0 Å². The molecule has 1 aromatic heterocycles. The second kappa shape index (κ2) is 10.4. The number of carbonyl (C=O) groups excluding carboxylic acids is 1. The summed E-state index contributed by atoms with van der Waals surface area (Å²) in [5.41, 5.74) is 2.10. The molecule has 1 heterocycles. The van der Waals surface area contributed by atoms with Gasteiger partial charge in [-0.2, -0.15) is 5.10 Å². The Kier molecular flexibility index (Phi) is 7.22. The van der Waals surface area contributed by atoms with E-state index in [-0.39, 0.29) is 16.6 Å². The Bertz CT molecular complexity index is 1290. The maximum atomic E-state index is 13.2. The average molecular weight is 577 g/mol. The molecule has 8 heteroatoms. The summed E-state index contributed by atoms with van der Waals surface area (Å²) in [6.45, 7) is 0.614. The third-order valence-electron chi connectivity index (χ3n) is 8.72. The van der Waals surface area contributed by atoms with E-state index >= 15 is 0 Å². The van der Waals surface area contributed by atoms with Crippen LogP contribution in [0.4, 0.5) is 0 Å². The highest BCUT2D eigenvalue weighted by molar-refractivity contribution is 6.37. The number of benzene rings is 2. The topological polar surface area (TPSA) is 46.9 Å². The van der Waals surface area contributed by atoms with E-state index in [9.17, 15) is 4.79 Å². The van der Waals surface area contributed by atoms with Crippen molar-refractivity contribution in [2.45, 2.75) is 44.9 Å². The van der Waals surface area contributed by atoms with Crippen LogP contribution in [-0.4, -0.2) is 22.2 Å². The molecular weight excluding hydrogens is 548 g/mol. The summed E-state index contributed by atoms with van der Waals surface area (Å²) in [6.07, 6.45) is 9.35. The van der Waals surface area contributed by atoms with Gasteiger partial charge >= 0.3 is 0 Å². The van der Waals surface area contributed by atoms with Crippen LogP contribution in [0, 0.1) is 29.6 Å². The van der Waals surface area contributed by atoms with Gasteiger partial charge < -0.3 is 5.32 Å². The van der Waals surface area contributed by atoms with Gasteiger partial charge in [0.2, 0.25) is 0 Å². The van der Waals surface area contributed by atoms with E-state index < -0.39 is 0 Å². The van der Waals surface area contributed by atoms with Crippen molar-refractivity contribution in [3.8, 4) is 16.9 Å². The van der Waals surface area contributed by atoms with Crippen LogP contribution in [0.2, 0.25) is 20.1 Å². The Morgan fingerprint density at radius 1 is 0.892 bits per heavy atom. The lowest BCUT2D eigenvalue weighted by Crippen LogP contribution is -2.45. The van der Waals surface area contributed by atoms with Gasteiger partial charge in [0, 0.05) is 22.2 Å². The summed E-state index contributed by atoms with van der Waals surface area (Å²) in [4.78, 5) is 13.2. The quantitative estimate of drug-likeness (QED) is 0.286. The minimum absolute atomic E-state index is 0.173. The van der Waals surface area contributed by atoms with Crippen LogP contribution in [0.1, 0.15) is 55.4 Å². The van der Waals surface area contributed by atoms with E-state index in [0.29, 0.717) is 33.0 Å².